The predicted molar refractivity (Wildman–Crippen MR) is 75.5 cm³/mol. The molecule has 0 aromatic rings. The summed E-state index contributed by atoms with van der Waals surface area (Å²) in [7, 11) is 3.85. The third kappa shape index (κ3) is 8.15. The second kappa shape index (κ2) is 9.33. The zero-order chi connectivity index (χ0) is 14.8. The molecule has 108 valence electrons. The summed E-state index contributed by atoms with van der Waals surface area (Å²) in [5, 5.41) is 0. The first-order valence-corrected chi connectivity index (χ1v) is 6.28. The molecule has 1 heterocycles. The first-order valence-electron chi connectivity index (χ1n) is 6.28. The van der Waals surface area contributed by atoms with E-state index in [9.17, 15) is 9.59 Å². The number of hydrogen-bond acceptors (Lipinski definition) is 4. The fourth-order valence-electron chi connectivity index (χ4n) is 1.31. The Morgan fingerprint density at radius 2 is 2.16 bits per heavy atom. The van der Waals surface area contributed by atoms with Gasteiger partial charge in [-0.05, 0) is 33.6 Å². The molecule has 1 aliphatic heterocycles. The molecule has 0 atom stereocenters. The van der Waals surface area contributed by atoms with E-state index >= 15 is 0 Å². The Hall–Kier alpha value is -1.62. The highest BCUT2D eigenvalue weighted by molar-refractivity contribution is 5.86. The number of carbonyl (C=O) groups is 2. The summed E-state index contributed by atoms with van der Waals surface area (Å²) in [5.41, 5.74) is 0.448. The van der Waals surface area contributed by atoms with Crippen LogP contribution in [-0.4, -0.2) is 55.5 Å². The SMILES string of the molecule is C=C(C)C(=O)OCCN(C)C.C=CN1CCCC1=O. The zero-order valence-electron chi connectivity index (χ0n) is 12.1. The summed E-state index contributed by atoms with van der Waals surface area (Å²) < 4.78 is 4.83. The molecule has 1 amide bonds. The molecule has 5 heteroatoms. The smallest absolute Gasteiger partial charge is 0.333 e. The molecule has 0 aromatic heterocycles. The van der Waals surface area contributed by atoms with Gasteiger partial charge in [-0.2, -0.15) is 0 Å². The standard InChI is InChI=1S/C8H15NO2.C6H9NO/c1-7(2)8(10)11-6-5-9(3)4;1-2-7-5-3-4-6(7)8/h1,5-6H2,2-4H3;2H,1,3-5H2. The number of carbonyl (C=O) groups excluding carboxylic acids is 2. The third-order valence-corrected chi connectivity index (χ3v) is 2.45. The van der Waals surface area contributed by atoms with Gasteiger partial charge in [0.25, 0.3) is 0 Å². The molecular weight excluding hydrogens is 244 g/mol. The van der Waals surface area contributed by atoms with Crippen molar-refractivity contribution in [3.8, 4) is 0 Å². The van der Waals surface area contributed by atoms with Gasteiger partial charge in [-0.1, -0.05) is 13.2 Å². The molecule has 0 aliphatic carbocycles. The van der Waals surface area contributed by atoms with Gasteiger partial charge in [0.05, 0.1) is 0 Å². The molecule has 1 fully saturated rings. The predicted octanol–water partition coefficient (Wildman–Crippen LogP) is 1.42. The average molecular weight is 268 g/mol. The zero-order valence-corrected chi connectivity index (χ0v) is 12.1. The highest BCUT2D eigenvalue weighted by Gasteiger charge is 2.15. The minimum absolute atomic E-state index is 0.208. The largest absolute Gasteiger partial charge is 0.461 e. The van der Waals surface area contributed by atoms with Crippen LogP contribution in [0.5, 0.6) is 0 Å². The van der Waals surface area contributed by atoms with Gasteiger partial charge in [0.15, 0.2) is 0 Å². The van der Waals surface area contributed by atoms with Gasteiger partial charge >= 0.3 is 5.97 Å². The quantitative estimate of drug-likeness (QED) is 0.559. The second-order valence-corrected chi connectivity index (χ2v) is 4.59. The molecular formula is C14H24N2O3. The van der Waals surface area contributed by atoms with E-state index in [-0.39, 0.29) is 11.9 Å². The van der Waals surface area contributed by atoms with Crippen molar-refractivity contribution in [3.63, 3.8) is 0 Å². The molecule has 0 bridgehead atoms. The molecule has 0 N–H and O–H groups in total. The molecule has 0 unspecified atom stereocenters. The van der Waals surface area contributed by atoms with Crippen LogP contribution in [0.2, 0.25) is 0 Å². The normalized spacial score (nSPS) is 13.9. The lowest BCUT2D eigenvalue weighted by Gasteiger charge is -2.09. The van der Waals surface area contributed by atoms with Gasteiger partial charge in [0.1, 0.15) is 6.61 Å². The average Bonchev–Trinajstić information content (AvgIpc) is 2.74. The molecule has 19 heavy (non-hydrogen) atoms. The van der Waals surface area contributed by atoms with Crippen molar-refractivity contribution >= 4 is 11.9 Å². The first kappa shape index (κ1) is 17.4. The maximum absolute atomic E-state index is 10.8. The summed E-state index contributed by atoms with van der Waals surface area (Å²) in [5.74, 6) is -0.105. The van der Waals surface area contributed by atoms with E-state index in [0.29, 0.717) is 18.6 Å². The highest BCUT2D eigenvalue weighted by atomic mass is 16.5. The van der Waals surface area contributed by atoms with E-state index in [1.54, 1.807) is 18.0 Å². The first-order chi connectivity index (χ1) is 8.88. The van der Waals surface area contributed by atoms with Crippen LogP contribution in [0.3, 0.4) is 0 Å². The van der Waals surface area contributed by atoms with Crippen molar-refractivity contribution in [1.82, 2.24) is 9.80 Å². The Morgan fingerprint density at radius 3 is 2.47 bits per heavy atom. The molecule has 0 saturated carbocycles. The highest BCUT2D eigenvalue weighted by Crippen LogP contribution is 2.08. The van der Waals surface area contributed by atoms with Gasteiger partial charge in [-0.25, -0.2) is 4.79 Å². The van der Waals surface area contributed by atoms with Crippen molar-refractivity contribution in [3.05, 3.63) is 24.9 Å². The Bertz CT molecular complexity index is 338. The van der Waals surface area contributed by atoms with Gasteiger partial charge < -0.3 is 14.5 Å². The van der Waals surface area contributed by atoms with Gasteiger partial charge in [-0.3, -0.25) is 4.79 Å². The van der Waals surface area contributed by atoms with Crippen molar-refractivity contribution in [1.29, 1.82) is 0 Å². The molecule has 5 nitrogen and oxygen atoms in total. The lowest BCUT2D eigenvalue weighted by Crippen LogP contribution is -2.20. The topological polar surface area (TPSA) is 49.9 Å². The van der Waals surface area contributed by atoms with E-state index in [1.165, 1.54) is 0 Å². The van der Waals surface area contributed by atoms with Crippen LogP contribution in [-0.2, 0) is 14.3 Å². The number of rotatable bonds is 5. The van der Waals surface area contributed by atoms with Crippen molar-refractivity contribution in [2.75, 3.05) is 33.8 Å². The van der Waals surface area contributed by atoms with Gasteiger partial charge in [-0.15, -0.1) is 0 Å². The number of amides is 1. The van der Waals surface area contributed by atoms with Gasteiger partial charge in [0.2, 0.25) is 5.91 Å². The molecule has 1 rings (SSSR count). The Labute approximate surface area is 115 Å². The lowest BCUT2D eigenvalue weighted by atomic mass is 10.4. The number of ether oxygens (including phenoxy) is 1. The van der Waals surface area contributed by atoms with E-state index < -0.39 is 0 Å². The monoisotopic (exact) mass is 268 g/mol. The van der Waals surface area contributed by atoms with Crippen molar-refractivity contribution in [2.24, 2.45) is 0 Å². The minimum Gasteiger partial charge on any atom is -0.461 e. The van der Waals surface area contributed by atoms with Crippen LogP contribution in [0.25, 0.3) is 0 Å². The summed E-state index contributed by atoms with van der Waals surface area (Å²) in [6, 6.07) is 0. The van der Waals surface area contributed by atoms with Gasteiger partial charge in [0, 0.05) is 25.1 Å². The summed E-state index contributed by atoms with van der Waals surface area (Å²) in [4.78, 5) is 25.0. The fraction of sp³-hybridized carbons (Fsp3) is 0.571. The lowest BCUT2D eigenvalue weighted by molar-refractivity contribution is -0.139. The number of hydrogen-bond donors (Lipinski definition) is 0. The summed E-state index contributed by atoms with van der Waals surface area (Å²) in [6.07, 6.45) is 3.28. The van der Waals surface area contributed by atoms with Crippen LogP contribution in [0, 0.1) is 0 Å². The molecule has 0 spiro atoms. The van der Waals surface area contributed by atoms with Crippen LogP contribution in [0.15, 0.2) is 24.9 Å². The number of esters is 1. The van der Waals surface area contributed by atoms with E-state index in [0.717, 1.165) is 19.5 Å². The minimum atomic E-state index is -0.313. The molecule has 0 aromatic carbocycles. The Kier molecular flexibility index (Phi) is 8.53. The summed E-state index contributed by atoms with van der Waals surface area (Å²) >= 11 is 0. The number of likely N-dealkylation sites (tertiary alicyclic amines) is 1. The van der Waals surface area contributed by atoms with Crippen molar-refractivity contribution < 1.29 is 14.3 Å². The van der Waals surface area contributed by atoms with Crippen LogP contribution < -0.4 is 0 Å². The van der Waals surface area contributed by atoms with Crippen molar-refractivity contribution in [2.45, 2.75) is 19.8 Å². The van der Waals surface area contributed by atoms with E-state index in [1.807, 2.05) is 19.0 Å². The maximum Gasteiger partial charge on any atom is 0.333 e. The maximum atomic E-state index is 10.8. The second-order valence-electron chi connectivity index (χ2n) is 4.59. The fourth-order valence-corrected chi connectivity index (χ4v) is 1.31. The molecule has 1 aliphatic rings. The Balaban J connectivity index is 0.000000356. The van der Waals surface area contributed by atoms with Crippen LogP contribution in [0.4, 0.5) is 0 Å². The Morgan fingerprint density at radius 1 is 1.53 bits per heavy atom. The molecule has 1 saturated heterocycles. The van der Waals surface area contributed by atoms with E-state index in [4.69, 9.17) is 4.74 Å². The summed E-state index contributed by atoms with van der Waals surface area (Å²) in [6.45, 7) is 10.6. The van der Waals surface area contributed by atoms with E-state index in [2.05, 4.69) is 13.2 Å². The van der Waals surface area contributed by atoms with Crippen LogP contribution >= 0.6 is 0 Å². The van der Waals surface area contributed by atoms with Crippen LogP contribution in [0.1, 0.15) is 19.8 Å². The number of nitrogens with zero attached hydrogens (tertiary/aromatic N) is 2. The third-order valence-electron chi connectivity index (χ3n) is 2.45. The number of likely N-dealkylation sites (N-methyl/N-ethyl adjacent to an activating group) is 1. The molecule has 0 radical (unpaired) electrons.